The third-order valence-electron chi connectivity index (χ3n) is 5.85. The Morgan fingerprint density at radius 2 is 1.57 bits per heavy atom. The van der Waals surface area contributed by atoms with Gasteiger partial charge in [0.1, 0.15) is 16.6 Å². The fourth-order valence-corrected chi connectivity index (χ4v) is 5.59. The van der Waals surface area contributed by atoms with E-state index in [-0.39, 0.29) is 22.6 Å². The first kappa shape index (κ1) is 24.8. The van der Waals surface area contributed by atoms with Gasteiger partial charge in [-0.3, -0.25) is 19.3 Å². The molecule has 0 bridgehead atoms. The van der Waals surface area contributed by atoms with Crippen molar-refractivity contribution in [3.63, 3.8) is 0 Å². The topological polar surface area (TPSA) is 92.8 Å². The van der Waals surface area contributed by atoms with Crippen molar-refractivity contribution < 1.29 is 23.9 Å². The molecule has 3 amide bonds. The maximum Gasteiger partial charge on any atom is 0.341 e. The summed E-state index contributed by atoms with van der Waals surface area (Å²) in [4.78, 5) is 54.3. The Labute approximate surface area is 215 Å². The quantitative estimate of drug-likeness (QED) is 0.319. The Kier molecular flexibility index (Phi) is 6.91. The molecular formula is C26H23BrN2O5S. The van der Waals surface area contributed by atoms with Gasteiger partial charge in [-0.25, -0.2) is 4.79 Å². The number of nitrogens with one attached hydrogen (secondary N) is 1. The minimum atomic E-state index is -1.06. The van der Waals surface area contributed by atoms with Gasteiger partial charge in [-0.05, 0) is 42.7 Å². The van der Waals surface area contributed by atoms with E-state index in [1.807, 2.05) is 31.2 Å². The molecule has 1 unspecified atom stereocenters. The predicted molar refractivity (Wildman–Crippen MR) is 138 cm³/mol. The molecule has 3 aromatic rings. The predicted octanol–water partition coefficient (Wildman–Crippen LogP) is 5.53. The van der Waals surface area contributed by atoms with Crippen LogP contribution in [0.2, 0.25) is 0 Å². The van der Waals surface area contributed by atoms with Crippen molar-refractivity contribution in [3.8, 4) is 11.1 Å². The third kappa shape index (κ3) is 4.41. The summed E-state index contributed by atoms with van der Waals surface area (Å²) in [5, 5.41) is 3.12. The highest BCUT2D eigenvalue weighted by atomic mass is 79.9. The molecule has 9 heteroatoms. The van der Waals surface area contributed by atoms with Gasteiger partial charge >= 0.3 is 5.97 Å². The summed E-state index contributed by atoms with van der Waals surface area (Å²) in [6, 6.07) is 12.9. The second-order valence-electron chi connectivity index (χ2n) is 8.44. The number of fused-ring (bicyclic) bond motifs is 1. The summed E-state index contributed by atoms with van der Waals surface area (Å²) in [6.07, 6.45) is 0. The van der Waals surface area contributed by atoms with E-state index >= 15 is 0 Å². The number of hydrogen-bond donors (Lipinski definition) is 1. The first-order chi connectivity index (χ1) is 16.6. The lowest BCUT2D eigenvalue weighted by molar-refractivity contribution is -0.121. The van der Waals surface area contributed by atoms with Gasteiger partial charge < -0.3 is 10.1 Å². The van der Waals surface area contributed by atoms with Gasteiger partial charge in [-0.1, -0.05) is 54.0 Å². The van der Waals surface area contributed by atoms with Gasteiger partial charge in [0, 0.05) is 14.9 Å². The average Bonchev–Trinajstić information content (AvgIpc) is 3.28. The summed E-state index contributed by atoms with van der Waals surface area (Å²) in [5.74, 6) is -2.53. The van der Waals surface area contributed by atoms with E-state index in [0.717, 1.165) is 19.8 Å². The van der Waals surface area contributed by atoms with Gasteiger partial charge in [0.2, 0.25) is 5.91 Å². The number of imide groups is 1. The van der Waals surface area contributed by atoms with Crippen LogP contribution in [-0.2, 0) is 9.53 Å². The first-order valence-corrected chi connectivity index (χ1v) is 12.5. The second-order valence-corrected chi connectivity index (χ2v) is 10.6. The standard InChI is InChI=1S/C26H23BrN2O5S/c1-13(2)21(29-24(31)17-7-5-6-8-18(17)25(29)32)22(30)28-23-20(26(33)34-4)19(14(3)35-23)15-9-11-16(27)12-10-15/h5-13,21H,1-4H3,(H,28,30). The monoisotopic (exact) mass is 554 g/mol. The molecule has 0 saturated carbocycles. The molecule has 2 aromatic carbocycles. The second kappa shape index (κ2) is 9.75. The number of benzene rings is 2. The number of esters is 1. The Morgan fingerprint density at radius 1 is 1.00 bits per heavy atom. The zero-order valence-corrected chi connectivity index (χ0v) is 22.0. The van der Waals surface area contributed by atoms with Gasteiger partial charge in [-0.2, -0.15) is 0 Å². The molecule has 1 N–H and O–H groups in total. The Morgan fingerprint density at radius 3 is 2.09 bits per heavy atom. The van der Waals surface area contributed by atoms with Crippen molar-refractivity contribution in [3.05, 3.63) is 74.6 Å². The van der Waals surface area contributed by atoms with Crippen molar-refractivity contribution >= 4 is 56.0 Å². The summed E-state index contributed by atoms with van der Waals surface area (Å²) in [5.41, 5.74) is 2.23. The number of anilines is 1. The number of rotatable bonds is 6. The third-order valence-corrected chi connectivity index (χ3v) is 7.40. The van der Waals surface area contributed by atoms with Gasteiger partial charge in [0.05, 0.1) is 18.2 Å². The highest BCUT2D eigenvalue weighted by Gasteiger charge is 2.44. The Balaban J connectivity index is 1.73. The molecule has 1 aromatic heterocycles. The smallest absolute Gasteiger partial charge is 0.341 e. The van der Waals surface area contributed by atoms with Crippen LogP contribution in [-0.4, -0.2) is 41.7 Å². The maximum absolute atomic E-state index is 13.5. The Bertz CT molecular complexity index is 1310. The molecule has 0 aliphatic carbocycles. The molecule has 4 rings (SSSR count). The number of nitrogens with zero attached hydrogens (tertiary/aromatic N) is 1. The van der Waals surface area contributed by atoms with E-state index in [1.165, 1.54) is 18.4 Å². The first-order valence-electron chi connectivity index (χ1n) is 10.9. The molecule has 35 heavy (non-hydrogen) atoms. The van der Waals surface area contributed by atoms with Gasteiger partial charge in [-0.15, -0.1) is 11.3 Å². The van der Waals surface area contributed by atoms with E-state index in [0.29, 0.717) is 10.6 Å². The van der Waals surface area contributed by atoms with E-state index in [9.17, 15) is 19.2 Å². The molecule has 1 aliphatic heterocycles. The van der Waals surface area contributed by atoms with E-state index in [4.69, 9.17) is 4.74 Å². The van der Waals surface area contributed by atoms with Gasteiger partial charge in [0.25, 0.3) is 11.8 Å². The highest BCUT2D eigenvalue weighted by molar-refractivity contribution is 9.10. The fraction of sp³-hybridized carbons (Fsp3) is 0.231. The zero-order chi connectivity index (χ0) is 25.4. The normalized spacial score (nSPS) is 13.7. The SMILES string of the molecule is COC(=O)c1c(NC(=O)C(C(C)C)N2C(=O)c3ccccc3C2=O)sc(C)c1-c1ccc(Br)cc1. The Hall–Kier alpha value is -3.30. The molecular weight excluding hydrogens is 532 g/mol. The van der Waals surface area contributed by atoms with Crippen LogP contribution < -0.4 is 5.32 Å². The number of ether oxygens (including phenoxy) is 1. The molecule has 7 nitrogen and oxygen atoms in total. The van der Waals surface area contributed by atoms with Crippen LogP contribution in [0.4, 0.5) is 5.00 Å². The van der Waals surface area contributed by atoms with Crippen molar-refractivity contribution in [2.45, 2.75) is 26.8 Å². The largest absolute Gasteiger partial charge is 0.465 e. The number of methoxy groups -OCH3 is 1. The molecule has 0 fully saturated rings. The molecule has 1 aliphatic rings. The molecule has 2 heterocycles. The van der Waals surface area contributed by atoms with Crippen LogP contribution in [0.15, 0.2) is 53.0 Å². The summed E-state index contributed by atoms with van der Waals surface area (Å²) in [7, 11) is 1.28. The van der Waals surface area contributed by atoms with Crippen LogP contribution in [0, 0.1) is 12.8 Å². The summed E-state index contributed by atoms with van der Waals surface area (Å²) >= 11 is 4.65. The van der Waals surface area contributed by atoms with Crippen molar-refractivity contribution in [2.75, 3.05) is 12.4 Å². The van der Waals surface area contributed by atoms with E-state index < -0.39 is 29.7 Å². The molecule has 1 atom stereocenters. The lowest BCUT2D eigenvalue weighted by Gasteiger charge is -2.28. The molecule has 180 valence electrons. The van der Waals surface area contributed by atoms with Crippen LogP contribution in [0.1, 0.15) is 49.8 Å². The lowest BCUT2D eigenvalue weighted by atomic mass is 10.00. The number of carbonyl (C=O) groups excluding carboxylic acids is 4. The molecule has 0 saturated heterocycles. The average molecular weight is 555 g/mol. The van der Waals surface area contributed by atoms with Crippen molar-refractivity contribution in [2.24, 2.45) is 5.92 Å². The van der Waals surface area contributed by atoms with E-state index in [2.05, 4.69) is 21.2 Å². The van der Waals surface area contributed by atoms with Crippen molar-refractivity contribution in [1.29, 1.82) is 0 Å². The number of halogens is 1. The van der Waals surface area contributed by atoms with Crippen LogP contribution >= 0.6 is 27.3 Å². The highest BCUT2D eigenvalue weighted by Crippen LogP contribution is 2.41. The van der Waals surface area contributed by atoms with Gasteiger partial charge in [0.15, 0.2) is 0 Å². The maximum atomic E-state index is 13.5. The van der Waals surface area contributed by atoms with Crippen LogP contribution in [0.5, 0.6) is 0 Å². The fourth-order valence-electron chi connectivity index (χ4n) is 4.26. The lowest BCUT2D eigenvalue weighted by Crippen LogP contribution is -2.50. The van der Waals surface area contributed by atoms with E-state index in [1.54, 1.807) is 38.1 Å². The number of hydrogen-bond acceptors (Lipinski definition) is 6. The molecule has 0 radical (unpaired) electrons. The number of aryl methyl sites for hydroxylation is 1. The number of thiophene rings is 1. The minimum Gasteiger partial charge on any atom is -0.465 e. The zero-order valence-electron chi connectivity index (χ0n) is 19.5. The molecule has 0 spiro atoms. The van der Waals surface area contributed by atoms with Crippen LogP contribution in [0.25, 0.3) is 11.1 Å². The minimum absolute atomic E-state index is 0.232. The summed E-state index contributed by atoms with van der Waals surface area (Å²) < 4.78 is 5.92. The number of amides is 3. The number of carbonyl (C=O) groups is 4. The van der Waals surface area contributed by atoms with Crippen molar-refractivity contribution in [1.82, 2.24) is 4.90 Å². The van der Waals surface area contributed by atoms with Crippen LogP contribution in [0.3, 0.4) is 0 Å². The summed E-state index contributed by atoms with van der Waals surface area (Å²) in [6.45, 7) is 5.39.